The Hall–Kier alpha value is -3.49. The van der Waals surface area contributed by atoms with Crippen LogP contribution in [0.4, 0.5) is 0 Å². The van der Waals surface area contributed by atoms with E-state index < -0.39 is 0 Å². The summed E-state index contributed by atoms with van der Waals surface area (Å²) in [6, 6.07) is 49.2. The van der Waals surface area contributed by atoms with E-state index in [0.29, 0.717) is 0 Å². The number of benzene rings is 5. The van der Waals surface area contributed by atoms with E-state index in [1.54, 1.807) is 29.4 Å². The molecule has 1 nitrogen and oxygen atoms in total. The van der Waals surface area contributed by atoms with E-state index >= 15 is 0 Å². The number of halogens is 1. The molecular weight excluding hydrogens is 771 g/mol. The van der Waals surface area contributed by atoms with Crippen molar-refractivity contribution in [3.05, 3.63) is 162 Å². The molecule has 7 aromatic rings. The number of fused-ring (bicyclic) bond motifs is 2. The third kappa shape index (κ3) is 12.5. The molecule has 0 unspecified atom stereocenters. The third-order valence-electron chi connectivity index (χ3n) is 9.26. The molecule has 0 atom stereocenters. The van der Waals surface area contributed by atoms with Gasteiger partial charge in [0.05, 0.1) is 0 Å². The van der Waals surface area contributed by atoms with Crippen LogP contribution in [0.5, 0.6) is 5.75 Å². The minimum absolute atomic E-state index is 0. The third-order valence-corrected chi connectivity index (χ3v) is 9.26. The van der Waals surface area contributed by atoms with Crippen LogP contribution in [-0.4, -0.2) is 5.43 Å². The van der Waals surface area contributed by atoms with Crippen molar-refractivity contribution in [2.45, 2.75) is 92.2 Å². The molecule has 0 spiro atoms. The van der Waals surface area contributed by atoms with E-state index in [1.165, 1.54) is 60.5 Å². The van der Waals surface area contributed by atoms with E-state index in [2.05, 4.69) is 196 Å². The number of rotatable bonds is 4. The first kappa shape index (κ1) is 44.9. The van der Waals surface area contributed by atoms with Gasteiger partial charge < -0.3 is 17.5 Å². The maximum absolute atomic E-state index is 11.7. The minimum Gasteiger partial charge on any atom is -1.00 e. The summed E-state index contributed by atoms with van der Waals surface area (Å²) in [6.45, 7) is 21.8. The second-order valence-corrected chi connectivity index (χ2v) is 25.4. The van der Waals surface area contributed by atoms with Crippen LogP contribution in [0.1, 0.15) is 77.6 Å². The SMILES string of the molecule is CC(C)(C)c1ccc([O-])c(C(C)(C)C)c1.CCc1cc2c(-c3ccccc3)cccc2[cH-]1.CCc1cc2c(-c3ccccc3)cccc2[cH-]1.C[Si](C)=[Zr+2].[Cl-]. The summed E-state index contributed by atoms with van der Waals surface area (Å²) in [5, 5.41) is 17.2. The molecule has 0 saturated heterocycles. The molecule has 7 aromatic carbocycles. The van der Waals surface area contributed by atoms with E-state index in [-0.39, 0.29) is 34.4 Å². The van der Waals surface area contributed by atoms with Gasteiger partial charge in [0.15, 0.2) is 0 Å². The summed E-state index contributed by atoms with van der Waals surface area (Å²) in [6.07, 6.45) is 2.20. The Balaban J connectivity index is 0.000000206. The smallest absolute Gasteiger partial charge is 1.00 e. The molecule has 0 aliphatic carbocycles. The van der Waals surface area contributed by atoms with Crippen molar-refractivity contribution in [1.82, 2.24) is 0 Å². The maximum atomic E-state index is 11.7. The van der Waals surface area contributed by atoms with Gasteiger partial charge in [-0.15, -0.1) is 74.8 Å². The first-order valence-corrected chi connectivity index (χ1v) is 25.1. The Morgan fingerprint density at radius 3 is 1.31 bits per heavy atom. The molecule has 0 bridgehead atoms. The average molecular weight is 829 g/mol. The fourth-order valence-corrected chi connectivity index (χ4v) is 6.32. The Kier molecular flexibility index (Phi) is 17.0. The molecule has 280 valence electrons. The molecule has 0 radical (unpaired) electrons. The van der Waals surface area contributed by atoms with Crippen molar-refractivity contribution in [3.63, 3.8) is 0 Å². The van der Waals surface area contributed by atoms with E-state index in [1.807, 2.05) is 6.07 Å². The second-order valence-electron chi connectivity index (χ2n) is 16.0. The normalized spacial score (nSPS) is 11.0. The second kappa shape index (κ2) is 20.4. The molecule has 0 amide bonds. The molecule has 4 heteroatoms. The average Bonchev–Trinajstić information content (AvgIpc) is 3.76. The van der Waals surface area contributed by atoms with Gasteiger partial charge in [-0.25, -0.2) is 0 Å². The first-order chi connectivity index (χ1) is 25.1. The van der Waals surface area contributed by atoms with Gasteiger partial charge in [-0.2, -0.15) is 12.1 Å². The van der Waals surface area contributed by atoms with Crippen LogP contribution >= 0.6 is 0 Å². The molecule has 0 N–H and O–H groups in total. The zero-order valence-corrected chi connectivity index (χ0v) is 38.2. The zero-order chi connectivity index (χ0) is 38.8. The van der Waals surface area contributed by atoms with Crippen molar-refractivity contribution >= 4 is 27.0 Å². The fourth-order valence-electron chi connectivity index (χ4n) is 6.32. The molecule has 7 rings (SSSR count). The molecular formula is C50H57ClOSiZr-2. The molecule has 0 heterocycles. The van der Waals surface area contributed by atoms with Crippen molar-refractivity contribution in [2.24, 2.45) is 0 Å². The largest absolute Gasteiger partial charge is 1.00 e. The van der Waals surface area contributed by atoms with Crippen molar-refractivity contribution in [1.29, 1.82) is 0 Å². The van der Waals surface area contributed by atoms with Crippen LogP contribution < -0.4 is 17.5 Å². The van der Waals surface area contributed by atoms with E-state index in [0.717, 1.165) is 18.4 Å². The Labute approximate surface area is 347 Å². The van der Waals surface area contributed by atoms with Crippen molar-refractivity contribution in [2.75, 3.05) is 0 Å². The molecule has 0 aliphatic heterocycles. The van der Waals surface area contributed by atoms with Gasteiger partial charge in [0.2, 0.25) is 0 Å². The minimum atomic E-state index is -0.0711. The van der Waals surface area contributed by atoms with Crippen LogP contribution in [-0.2, 0) is 47.0 Å². The molecule has 0 aliphatic rings. The predicted octanol–water partition coefficient (Wildman–Crippen LogP) is 10.7. The molecule has 0 aromatic heterocycles. The van der Waals surface area contributed by atoms with Gasteiger partial charge in [-0.1, -0.05) is 163 Å². The van der Waals surface area contributed by atoms with Crippen LogP contribution in [0, 0.1) is 0 Å². The molecule has 0 fully saturated rings. The van der Waals surface area contributed by atoms with Gasteiger partial charge in [-0.3, -0.25) is 0 Å². The molecule has 54 heavy (non-hydrogen) atoms. The van der Waals surface area contributed by atoms with Gasteiger partial charge in [0.25, 0.3) is 0 Å². The topological polar surface area (TPSA) is 23.1 Å². The van der Waals surface area contributed by atoms with Crippen LogP contribution in [0.25, 0.3) is 43.8 Å². The Bertz CT molecular complexity index is 2090. The standard InChI is InChI=1S/2C17H15.C14H22O.C2H6Si.ClH.Zr/c2*1-2-13-11-15-9-6-10-16(17(15)12-13)14-7-4-3-5-8-14;1-13(2,3)10-7-8-12(15)11(9-10)14(4,5)6;1-3-2;;/h2*3-12H,2H2,1H3;7-9,15H,1-6H3;1-2H3;1H;/q2*-1;;;;+2/p-2. The summed E-state index contributed by atoms with van der Waals surface area (Å²) in [7, 11) is 0. The summed E-state index contributed by atoms with van der Waals surface area (Å²) in [4.78, 5) is 0. The Morgan fingerprint density at radius 2 is 0.963 bits per heavy atom. The fraction of sp³-hybridized carbons (Fsp3) is 0.280. The Morgan fingerprint density at radius 1 is 0.556 bits per heavy atom. The van der Waals surface area contributed by atoms with E-state index in [9.17, 15) is 5.11 Å². The predicted molar refractivity (Wildman–Crippen MR) is 229 cm³/mol. The number of aryl methyl sites for hydroxylation is 2. The summed E-state index contributed by atoms with van der Waals surface area (Å²) < 4.78 is 0. The van der Waals surface area contributed by atoms with Crippen LogP contribution in [0.15, 0.2) is 140 Å². The van der Waals surface area contributed by atoms with Gasteiger partial charge in [0.1, 0.15) is 0 Å². The maximum Gasteiger partial charge on any atom is -1.00 e. The number of hydrogen-bond donors (Lipinski definition) is 0. The summed E-state index contributed by atoms with van der Waals surface area (Å²) in [5.74, 6) is 0.149. The van der Waals surface area contributed by atoms with Gasteiger partial charge >= 0.3 is 41.9 Å². The van der Waals surface area contributed by atoms with Crippen molar-refractivity contribution in [3.8, 4) is 28.0 Å². The zero-order valence-electron chi connectivity index (χ0n) is 34.0. The van der Waals surface area contributed by atoms with E-state index in [4.69, 9.17) is 0 Å². The quantitative estimate of drug-likeness (QED) is 0.128. The summed E-state index contributed by atoms with van der Waals surface area (Å²) >= 11 is 1.74. The van der Waals surface area contributed by atoms with Gasteiger partial charge in [-0.05, 0) is 40.4 Å². The van der Waals surface area contributed by atoms with Gasteiger partial charge in [0, 0.05) is 0 Å². The number of hydrogen-bond acceptors (Lipinski definition) is 1. The van der Waals surface area contributed by atoms with Crippen molar-refractivity contribution < 1.29 is 40.8 Å². The van der Waals surface area contributed by atoms with Crippen LogP contribution in [0.2, 0.25) is 13.1 Å². The van der Waals surface area contributed by atoms with Crippen LogP contribution in [0.3, 0.4) is 0 Å². The summed E-state index contributed by atoms with van der Waals surface area (Å²) in [5.41, 5.74) is 10.5. The monoisotopic (exact) mass is 826 g/mol. The molecule has 0 saturated carbocycles. The first-order valence-electron chi connectivity index (χ1n) is 18.9.